The van der Waals surface area contributed by atoms with Gasteiger partial charge in [0, 0.05) is 11.3 Å². The average molecular weight is 357 g/mol. The minimum atomic E-state index is -1.51. The highest BCUT2D eigenvalue weighted by Crippen LogP contribution is 2.20. The lowest BCUT2D eigenvalue weighted by Crippen LogP contribution is -2.13. The number of anilines is 1. The first kappa shape index (κ1) is 16.4. The molecule has 3 nitrogen and oxygen atoms in total. The van der Waals surface area contributed by atoms with Gasteiger partial charge in [0.25, 0.3) is 5.91 Å². The monoisotopic (exact) mass is 356 g/mol. The number of rotatable bonds is 5. The lowest BCUT2D eigenvalue weighted by molar-refractivity contribution is -0.112. The molecule has 0 aliphatic carbocycles. The summed E-state index contributed by atoms with van der Waals surface area (Å²) < 4.78 is 24.4. The van der Waals surface area contributed by atoms with Crippen molar-refractivity contribution in [2.75, 3.05) is 5.32 Å². The second kappa shape index (κ2) is 7.21. The molecule has 1 amide bonds. The summed E-state index contributed by atoms with van der Waals surface area (Å²) in [5.74, 6) is 2.41. The summed E-state index contributed by atoms with van der Waals surface area (Å²) in [5, 5.41) is 2.57. The Morgan fingerprint density at radius 3 is 2.60 bits per heavy atom. The van der Waals surface area contributed by atoms with Crippen LogP contribution in [0.1, 0.15) is 0 Å². The van der Waals surface area contributed by atoms with E-state index in [1.54, 1.807) is 0 Å². The van der Waals surface area contributed by atoms with E-state index in [4.69, 9.17) is 0 Å². The van der Waals surface area contributed by atoms with Gasteiger partial charge in [-0.3, -0.25) is 15.2 Å². The first-order valence-electron chi connectivity index (χ1n) is 5.36. The van der Waals surface area contributed by atoms with E-state index in [1.807, 2.05) is 0 Å². The number of benzene rings is 1. The van der Waals surface area contributed by atoms with Gasteiger partial charge in [-0.2, -0.15) is 5.87 Å². The van der Waals surface area contributed by atoms with Crippen LogP contribution >= 0.6 is 15.9 Å². The van der Waals surface area contributed by atoms with Gasteiger partial charge >= 0.3 is 0 Å². The van der Waals surface area contributed by atoms with Crippen molar-refractivity contribution in [3.8, 4) is 0 Å². The molecule has 6 heteroatoms. The van der Waals surface area contributed by atoms with Crippen LogP contribution in [0.15, 0.2) is 58.5 Å². The van der Waals surface area contributed by atoms with Gasteiger partial charge in [0.1, 0.15) is 5.82 Å². The fourth-order valence-electron chi connectivity index (χ4n) is 1.23. The summed E-state index contributed by atoms with van der Waals surface area (Å²) in [7, 11) is -1.51. The second-order valence-corrected chi connectivity index (χ2v) is 5.77. The highest BCUT2D eigenvalue weighted by Gasteiger charge is 2.07. The van der Waals surface area contributed by atoms with Crippen molar-refractivity contribution in [3.63, 3.8) is 0 Å². The molecule has 0 unspecified atom stereocenters. The predicted octanol–water partition coefficient (Wildman–Crippen LogP) is 3.55. The van der Waals surface area contributed by atoms with Crippen LogP contribution in [-0.4, -0.2) is 11.8 Å². The standard InChI is InChI=1S/C14H12BrFNO2S/c1-4-10(7-9(2)20(3)19)14(18)17-11-5-6-13(16)12(15)8-11/h4-8H,1-3H2,(H,17,18)/q-1/b10-7+. The van der Waals surface area contributed by atoms with Gasteiger partial charge in [0.05, 0.1) is 4.47 Å². The van der Waals surface area contributed by atoms with Crippen LogP contribution in [-0.2, 0) is 19.4 Å². The summed E-state index contributed by atoms with van der Waals surface area (Å²) in [6.45, 7) is 7.04. The molecule has 0 spiro atoms. The van der Waals surface area contributed by atoms with Crippen molar-refractivity contribution < 1.29 is 13.4 Å². The molecule has 0 aliphatic rings. The molecule has 0 aliphatic heterocycles. The zero-order valence-corrected chi connectivity index (χ0v) is 12.9. The lowest BCUT2D eigenvalue weighted by atomic mass is 10.2. The Morgan fingerprint density at radius 1 is 1.45 bits per heavy atom. The molecule has 106 valence electrons. The third-order valence-corrected chi connectivity index (χ3v) is 3.58. The first-order valence-corrected chi connectivity index (χ1v) is 7.47. The minimum absolute atomic E-state index is 0.187. The number of nitrogens with one attached hydrogen (secondary N) is 1. The van der Waals surface area contributed by atoms with E-state index in [0.29, 0.717) is 5.69 Å². The molecule has 1 aromatic rings. The summed E-state index contributed by atoms with van der Waals surface area (Å²) in [4.78, 5) is 12.2. The van der Waals surface area contributed by atoms with Crippen molar-refractivity contribution in [1.29, 1.82) is 0 Å². The molecule has 1 N–H and O–H groups in total. The van der Waals surface area contributed by atoms with Gasteiger partial charge in [-0.1, -0.05) is 18.7 Å². The van der Waals surface area contributed by atoms with E-state index >= 15 is 0 Å². The topological polar surface area (TPSA) is 46.2 Å². The molecule has 1 rings (SSSR count). The van der Waals surface area contributed by atoms with Gasteiger partial charge in [0.15, 0.2) is 0 Å². The largest absolute Gasteiger partial charge is 0.457 e. The lowest BCUT2D eigenvalue weighted by Gasteiger charge is -2.08. The molecule has 0 aromatic heterocycles. The predicted molar refractivity (Wildman–Crippen MR) is 85.3 cm³/mol. The number of amides is 1. The Morgan fingerprint density at radius 2 is 2.10 bits per heavy atom. The number of carbonyl (C=O) groups excluding carboxylic acids is 1. The number of hydrogen-bond acceptors (Lipinski definition) is 3. The molecule has 20 heavy (non-hydrogen) atoms. The molecule has 1 aromatic carbocycles. The zero-order chi connectivity index (χ0) is 15.3. The number of halogens is 2. The Bertz CT molecular complexity index is 670. The molecular formula is C14H12BrFNO2S-. The summed E-state index contributed by atoms with van der Waals surface area (Å²) >= 11 is 3.03. The fourth-order valence-corrected chi connectivity index (χ4v) is 1.87. The molecule has 0 fully saturated rings. The van der Waals surface area contributed by atoms with E-state index in [9.17, 15) is 13.4 Å². The maximum absolute atomic E-state index is 13.1. The van der Waals surface area contributed by atoms with Crippen LogP contribution in [0.2, 0.25) is 0 Å². The van der Waals surface area contributed by atoms with E-state index in [0.717, 1.165) is 0 Å². The Balaban J connectivity index is 2.95. The first-order chi connectivity index (χ1) is 9.35. The molecule has 0 bridgehead atoms. The van der Waals surface area contributed by atoms with E-state index in [-0.39, 0.29) is 15.0 Å². The van der Waals surface area contributed by atoms with E-state index in [1.165, 1.54) is 30.4 Å². The normalized spacial score (nSPS) is 11.2. The third-order valence-electron chi connectivity index (χ3n) is 2.27. The Kier molecular flexibility index (Phi) is 5.91. The maximum Gasteiger partial charge on any atom is 0.255 e. The van der Waals surface area contributed by atoms with Crippen molar-refractivity contribution >= 4 is 43.8 Å². The molecule has 0 saturated carbocycles. The number of carbonyl (C=O) groups is 1. The number of allylic oxidation sites excluding steroid dienone is 1. The third kappa shape index (κ3) is 4.47. The average Bonchev–Trinajstić information content (AvgIpc) is 2.39. The smallest absolute Gasteiger partial charge is 0.255 e. The molecular weight excluding hydrogens is 345 g/mol. The van der Waals surface area contributed by atoms with Gasteiger partial charge < -0.3 is 9.53 Å². The van der Waals surface area contributed by atoms with E-state index in [2.05, 4.69) is 40.3 Å². The van der Waals surface area contributed by atoms with Gasteiger partial charge in [-0.05, 0) is 34.1 Å². The van der Waals surface area contributed by atoms with Crippen LogP contribution < -0.4 is 5.32 Å². The van der Waals surface area contributed by atoms with Gasteiger partial charge in [-0.25, -0.2) is 4.39 Å². The highest BCUT2D eigenvalue weighted by molar-refractivity contribution is 9.10. The van der Waals surface area contributed by atoms with E-state index < -0.39 is 22.1 Å². The van der Waals surface area contributed by atoms with Crippen LogP contribution in [0.5, 0.6) is 0 Å². The minimum Gasteiger partial charge on any atom is -0.457 e. The van der Waals surface area contributed by atoms with Crippen LogP contribution in [0, 0.1) is 5.82 Å². The zero-order valence-electron chi connectivity index (χ0n) is 10.5. The van der Waals surface area contributed by atoms with Crippen molar-refractivity contribution in [2.24, 2.45) is 0 Å². The fraction of sp³-hybridized carbons (Fsp3) is 0. The van der Waals surface area contributed by atoms with Crippen molar-refractivity contribution in [1.82, 2.24) is 0 Å². The Hall–Kier alpha value is -1.66. The second-order valence-electron chi connectivity index (χ2n) is 3.70. The van der Waals surface area contributed by atoms with Crippen LogP contribution in [0.25, 0.3) is 0 Å². The van der Waals surface area contributed by atoms with Gasteiger partial charge in [0.2, 0.25) is 0 Å². The SMILES string of the molecule is C=C/C(=C\C(=C)[S-](=C)=O)C(=O)Nc1ccc(F)c(Br)c1. The van der Waals surface area contributed by atoms with Crippen LogP contribution in [0.4, 0.5) is 10.1 Å². The maximum atomic E-state index is 13.1. The molecule has 0 heterocycles. The molecule has 0 saturated heterocycles. The summed E-state index contributed by atoms with van der Waals surface area (Å²) in [6.07, 6.45) is 2.65. The summed E-state index contributed by atoms with van der Waals surface area (Å²) in [6, 6.07) is 4.08. The quantitative estimate of drug-likeness (QED) is 0.379. The highest BCUT2D eigenvalue weighted by atomic mass is 79.9. The van der Waals surface area contributed by atoms with Crippen molar-refractivity contribution in [3.05, 3.63) is 64.3 Å². The number of hydrogen-bond donors (Lipinski definition) is 1. The summed E-state index contributed by atoms with van der Waals surface area (Å²) in [5.41, 5.74) is 0.602. The van der Waals surface area contributed by atoms with Crippen molar-refractivity contribution in [2.45, 2.75) is 0 Å². The Labute approximate surface area is 127 Å². The van der Waals surface area contributed by atoms with Crippen LogP contribution in [0.3, 0.4) is 0 Å². The van der Waals surface area contributed by atoms with Gasteiger partial charge in [-0.15, -0.1) is 11.5 Å². The molecule has 0 radical (unpaired) electrons. The molecule has 0 atom stereocenters.